The van der Waals surface area contributed by atoms with Gasteiger partial charge in [0.15, 0.2) is 0 Å². The molecular formula is C38H32N2O3. The van der Waals surface area contributed by atoms with Crippen molar-refractivity contribution in [3.63, 3.8) is 0 Å². The second-order valence-electron chi connectivity index (χ2n) is 11.2. The van der Waals surface area contributed by atoms with Crippen molar-refractivity contribution in [1.82, 2.24) is 9.97 Å². The van der Waals surface area contributed by atoms with E-state index in [1.807, 2.05) is 72.8 Å². The monoisotopic (exact) mass is 564 g/mol. The molecule has 2 aromatic heterocycles. The van der Waals surface area contributed by atoms with Gasteiger partial charge in [-0.25, -0.2) is 9.97 Å². The minimum absolute atomic E-state index is 0.231. The maximum absolute atomic E-state index is 12.3. The molecule has 0 saturated heterocycles. The van der Waals surface area contributed by atoms with Crippen LogP contribution in [0.25, 0.3) is 21.8 Å². The van der Waals surface area contributed by atoms with Gasteiger partial charge in [0.2, 0.25) is 0 Å². The number of pyridine rings is 2. The van der Waals surface area contributed by atoms with Gasteiger partial charge in [0.25, 0.3) is 0 Å². The van der Waals surface area contributed by atoms with Crippen molar-refractivity contribution in [2.24, 2.45) is 0 Å². The van der Waals surface area contributed by atoms with E-state index in [0.29, 0.717) is 31.8 Å². The van der Waals surface area contributed by atoms with E-state index in [2.05, 4.69) is 48.5 Å². The fourth-order valence-electron chi connectivity index (χ4n) is 6.13. The Bertz CT molecular complexity index is 1760. The summed E-state index contributed by atoms with van der Waals surface area (Å²) in [4.78, 5) is 21.7. The van der Waals surface area contributed by atoms with Crippen molar-refractivity contribution in [2.75, 3.05) is 0 Å². The third-order valence-electron chi connectivity index (χ3n) is 8.56. The summed E-state index contributed by atoms with van der Waals surface area (Å²) >= 11 is 0. The molecule has 1 aliphatic carbocycles. The second-order valence-corrected chi connectivity index (χ2v) is 11.2. The van der Waals surface area contributed by atoms with E-state index in [0.717, 1.165) is 57.5 Å². The Morgan fingerprint density at radius 1 is 0.535 bits per heavy atom. The molecule has 212 valence electrons. The Labute approximate surface area is 251 Å². The van der Waals surface area contributed by atoms with Gasteiger partial charge in [0, 0.05) is 29.0 Å². The molecule has 0 unspecified atom stereocenters. The summed E-state index contributed by atoms with van der Waals surface area (Å²) in [5.74, 6) is 1.93. The van der Waals surface area contributed by atoms with E-state index in [1.165, 1.54) is 11.1 Å². The van der Waals surface area contributed by atoms with Crippen LogP contribution in [0, 0.1) is 0 Å². The second kappa shape index (κ2) is 11.7. The fourth-order valence-corrected chi connectivity index (χ4v) is 6.13. The molecule has 0 bridgehead atoms. The number of hydrogen-bond acceptors (Lipinski definition) is 5. The molecule has 0 amide bonds. The quantitative estimate of drug-likeness (QED) is 0.186. The largest absolute Gasteiger partial charge is 0.487 e. The number of carbonyl (C=O) groups is 1. The van der Waals surface area contributed by atoms with Crippen molar-refractivity contribution in [3.05, 3.63) is 144 Å². The third-order valence-corrected chi connectivity index (χ3v) is 8.56. The Hall–Kier alpha value is -5.03. The van der Waals surface area contributed by atoms with E-state index in [1.54, 1.807) is 0 Å². The van der Waals surface area contributed by atoms with Crippen LogP contribution in [0.5, 0.6) is 11.5 Å². The van der Waals surface area contributed by atoms with Gasteiger partial charge in [-0.2, -0.15) is 0 Å². The lowest BCUT2D eigenvalue weighted by Crippen LogP contribution is -2.33. The number of Topliss-reactive ketones (excluding diaryl/α,β-unsaturated/α-hetero) is 1. The number of rotatable bonds is 8. The van der Waals surface area contributed by atoms with Crippen LogP contribution in [0.2, 0.25) is 0 Å². The average Bonchev–Trinajstić information content (AvgIpc) is 3.07. The van der Waals surface area contributed by atoms with Gasteiger partial charge in [-0.3, -0.25) is 4.79 Å². The first kappa shape index (κ1) is 26.8. The zero-order valence-corrected chi connectivity index (χ0v) is 23.9. The molecule has 1 fully saturated rings. The number of para-hydroxylation sites is 2. The molecule has 2 heterocycles. The van der Waals surface area contributed by atoms with Crippen LogP contribution in [0.15, 0.2) is 121 Å². The molecule has 6 aromatic rings. The maximum atomic E-state index is 12.3. The molecule has 5 heteroatoms. The van der Waals surface area contributed by atoms with E-state index >= 15 is 0 Å². The molecular weight excluding hydrogens is 532 g/mol. The Morgan fingerprint density at radius 2 is 0.977 bits per heavy atom. The first-order chi connectivity index (χ1) is 21.1. The summed E-state index contributed by atoms with van der Waals surface area (Å²) < 4.78 is 12.2. The summed E-state index contributed by atoms with van der Waals surface area (Å²) in [6.45, 7) is 0.806. The van der Waals surface area contributed by atoms with Gasteiger partial charge >= 0.3 is 0 Å². The Morgan fingerprint density at radius 3 is 1.44 bits per heavy atom. The molecule has 0 N–H and O–H groups in total. The molecule has 1 saturated carbocycles. The lowest BCUT2D eigenvalue weighted by atomic mass is 9.65. The molecule has 5 nitrogen and oxygen atoms in total. The highest BCUT2D eigenvalue weighted by Gasteiger charge is 2.38. The topological polar surface area (TPSA) is 61.3 Å². The van der Waals surface area contributed by atoms with E-state index in [-0.39, 0.29) is 5.41 Å². The molecule has 0 aliphatic heterocycles. The highest BCUT2D eigenvalue weighted by atomic mass is 16.5. The van der Waals surface area contributed by atoms with Gasteiger partial charge in [-0.15, -0.1) is 0 Å². The molecule has 7 rings (SSSR count). The predicted molar refractivity (Wildman–Crippen MR) is 169 cm³/mol. The summed E-state index contributed by atoms with van der Waals surface area (Å²) in [6.07, 6.45) is 2.73. The van der Waals surface area contributed by atoms with Gasteiger partial charge in [0.1, 0.15) is 30.5 Å². The van der Waals surface area contributed by atoms with Crippen molar-refractivity contribution >= 4 is 27.6 Å². The normalized spacial score (nSPS) is 14.6. The van der Waals surface area contributed by atoms with Gasteiger partial charge < -0.3 is 9.47 Å². The minimum Gasteiger partial charge on any atom is -0.487 e. The van der Waals surface area contributed by atoms with Crippen molar-refractivity contribution in [3.8, 4) is 11.5 Å². The number of fused-ring (bicyclic) bond motifs is 2. The minimum atomic E-state index is -0.231. The summed E-state index contributed by atoms with van der Waals surface area (Å²) in [5, 5.41) is 2.24. The summed E-state index contributed by atoms with van der Waals surface area (Å²) in [6, 6.07) is 41.1. The fraction of sp³-hybridized carbons (Fsp3) is 0.184. The molecule has 43 heavy (non-hydrogen) atoms. The Balaban J connectivity index is 1.06. The predicted octanol–water partition coefficient (Wildman–Crippen LogP) is 8.37. The number of ether oxygens (including phenoxy) is 2. The summed E-state index contributed by atoms with van der Waals surface area (Å²) in [7, 11) is 0. The number of ketones is 1. The van der Waals surface area contributed by atoms with E-state index < -0.39 is 0 Å². The maximum Gasteiger partial charge on any atom is 0.133 e. The van der Waals surface area contributed by atoms with Crippen LogP contribution >= 0.6 is 0 Å². The van der Waals surface area contributed by atoms with Crippen molar-refractivity contribution in [2.45, 2.75) is 44.3 Å². The number of benzene rings is 4. The van der Waals surface area contributed by atoms with Crippen molar-refractivity contribution < 1.29 is 14.3 Å². The van der Waals surface area contributed by atoms with Gasteiger partial charge in [-0.05, 0) is 72.5 Å². The lowest BCUT2D eigenvalue weighted by molar-refractivity contribution is -0.121. The van der Waals surface area contributed by atoms with Crippen LogP contribution in [0.3, 0.4) is 0 Å². The third kappa shape index (κ3) is 5.71. The number of hydrogen-bond donors (Lipinski definition) is 0. The van der Waals surface area contributed by atoms with Crippen LogP contribution in [-0.2, 0) is 23.4 Å². The first-order valence-corrected chi connectivity index (χ1v) is 14.8. The van der Waals surface area contributed by atoms with Crippen LogP contribution in [0.1, 0.15) is 48.2 Å². The smallest absolute Gasteiger partial charge is 0.133 e. The van der Waals surface area contributed by atoms with Crippen LogP contribution in [-0.4, -0.2) is 15.8 Å². The standard InChI is InChI=1S/C38H32N2O3/c41-33-21-23-38(24-22-33,29-11-17-34(18-12-29)42-25-31-15-9-27-5-1-3-7-36(27)39-31)30-13-19-35(20-14-30)43-26-32-16-10-28-6-2-4-8-37(28)40-32/h1-20H,21-26H2. The summed E-state index contributed by atoms with van der Waals surface area (Å²) in [5.41, 5.74) is 5.89. The highest BCUT2D eigenvalue weighted by Crippen LogP contribution is 2.44. The molecule has 4 aromatic carbocycles. The lowest BCUT2D eigenvalue weighted by Gasteiger charge is -2.38. The zero-order valence-electron chi connectivity index (χ0n) is 23.9. The number of carbonyl (C=O) groups excluding carboxylic acids is 1. The van der Waals surface area contributed by atoms with Crippen molar-refractivity contribution in [1.29, 1.82) is 0 Å². The molecule has 1 aliphatic rings. The van der Waals surface area contributed by atoms with Gasteiger partial charge in [0.05, 0.1) is 22.4 Å². The highest BCUT2D eigenvalue weighted by molar-refractivity contribution is 5.80. The SMILES string of the molecule is O=C1CCC(c2ccc(OCc3ccc4ccccc4n3)cc2)(c2ccc(OCc3ccc4ccccc4n3)cc2)CC1. The Kier molecular flexibility index (Phi) is 7.30. The zero-order chi connectivity index (χ0) is 29.1. The average molecular weight is 565 g/mol. The molecule has 0 radical (unpaired) electrons. The van der Waals surface area contributed by atoms with Crippen LogP contribution in [0.4, 0.5) is 0 Å². The van der Waals surface area contributed by atoms with E-state index in [4.69, 9.17) is 19.4 Å². The number of aromatic nitrogens is 2. The van der Waals surface area contributed by atoms with Gasteiger partial charge in [-0.1, -0.05) is 72.8 Å². The van der Waals surface area contributed by atoms with Crippen LogP contribution < -0.4 is 9.47 Å². The number of nitrogens with zero attached hydrogens (tertiary/aromatic N) is 2. The van der Waals surface area contributed by atoms with E-state index in [9.17, 15) is 4.79 Å². The molecule has 0 atom stereocenters. The first-order valence-electron chi connectivity index (χ1n) is 14.8. The molecule has 0 spiro atoms.